The third-order valence-electron chi connectivity index (χ3n) is 4.95. The number of piperidine rings is 1. The molecule has 0 N–H and O–H groups in total. The molecule has 3 rings (SSSR count). The summed E-state index contributed by atoms with van der Waals surface area (Å²) < 4.78 is 1.91. The molecule has 1 amide bonds. The fraction of sp³-hybridized carbons (Fsp3) is 0.765. The Bertz CT molecular complexity index is 453. The smallest absolute Gasteiger partial charge is 0.222 e. The van der Waals surface area contributed by atoms with Crippen LogP contribution in [0.5, 0.6) is 0 Å². The molecule has 1 aromatic heterocycles. The molecule has 2 aliphatic heterocycles. The lowest BCUT2D eigenvalue weighted by atomic mass is 10.1. The van der Waals surface area contributed by atoms with Gasteiger partial charge in [-0.2, -0.15) is 5.10 Å². The molecule has 122 valence electrons. The number of hydrogen-bond donors (Lipinski definition) is 0. The Kier molecular flexibility index (Phi) is 5.48. The van der Waals surface area contributed by atoms with Crippen LogP contribution in [-0.4, -0.2) is 57.7 Å². The fourth-order valence-corrected chi connectivity index (χ4v) is 3.76. The van der Waals surface area contributed by atoms with Crippen LogP contribution in [0.2, 0.25) is 0 Å². The number of nitrogens with zero attached hydrogens (tertiary/aromatic N) is 4. The minimum Gasteiger partial charge on any atom is -0.338 e. The van der Waals surface area contributed by atoms with E-state index in [0.29, 0.717) is 18.4 Å². The Labute approximate surface area is 133 Å². The van der Waals surface area contributed by atoms with Crippen molar-refractivity contribution in [3.63, 3.8) is 0 Å². The highest BCUT2D eigenvalue weighted by Crippen LogP contribution is 2.21. The van der Waals surface area contributed by atoms with Crippen LogP contribution in [0.3, 0.4) is 0 Å². The highest BCUT2D eigenvalue weighted by Gasteiger charge is 2.29. The zero-order valence-electron chi connectivity index (χ0n) is 13.5. The first-order valence-corrected chi connectivity index (χ1v) is 8.82. The Morgan fingerprint density at radius 2 is 2.00 bits per heavy atom. The van der Waals surface area contributed by atoms with Crippen molar-refractivity contribution < 1.29 is 4.79 Å². The number of rotatable bonds is 6. The van der Waals surface area contributed by atoms with Crippen LogP contribution < -0.4 is 0 Å². The van der Waals surface area contributed by atoms with Gasteiger partial charge in [-0.1, -0.05) is 6.42 Å². The van der Waals surface area contributed by atoms with E-state index in [9.17, 15) is 4.79 Å². The summed E-state index contributed by atoms with van der Waals surface area (Å²) in [5, 5.41) is 4.19. The second kappa shape index (κ2) is 7.77. The Balaban J connectivity index is 1.43. The molecule has 0 aromatic carbocycles. The van der Waals surface area contributed by atoms with E-state index in [2.05, 4.69) is 14.9 Å². The van der Waals surface area contributed by atoms with Crippen LogP contribution >= 0.6 is 0 Å². The molecular weight excluding hydrogens is 276 g/mol. The second-order valence-corrected chi connectivity index (χ2v) is 6.62. The van der Waals surface area contributed by atoms with Crippen molar-refractivity contribution in [2.24, 2.45) is 0 Å². The Morgan fingerprint density at radius 3 is 2.77 bits per heavy atom. The van der Waals surface area contributed by atoms with Crippen molar-refractivity contribution in [3.8, 4) is 0 Å². The van der Waals surface area contributed by atoms with Gasteiger partial charge in [0.15, 0.2) is 0 Å². The molecule has 5 nitrogen and oxygen atoms in total. The van der Waals surface area contributed by atoms with Gasteiger partial charge in [0, 0.05) is 44.5 Å². The highest BCUT2D eigenvalue weighted by atomic mass is 16.2. The van der Waals surface area contributed by atoms with Gasteiger partial charge in [-0.3, -0.25) is 9.48 Å². The number of aryl methyl sites for hydroxylation is 1. The topological polar surface area (TPSA) is 41.4 Å². The van der Waals surface area contributed by atoms with Gasteiger partial charge in [-0.15, -0.1) is 0 Å². The summed E-state index contributed by atoms with van der Waals surface area (Å²) in [6, 6.07) is 2.38. The number of aromatic nitrogens is 2. The molecule has 2 saturated heterocycles. The van der Waals surface area contributed by atoms with E-state index in [-0.39, 0.29) is 0 Å². The Hall–Kier alpha value is -1.36. The van der Waals surface area contributed by atoms with Crippen molar-refractivity contribution in [2.75, 3.05) is 26.2 Å². The average molecular weight is 304 g/mol. The molecule has 2 aliphatic rings. The highest BCUT2D eigenvalue weighted by molar-refractivity contribution is 5.76. The maximum Gasteiger partial charge on any atom is 0.222 e. The standard InChI is InChI=1S/C17H28N4O/c22-17(8-5-12-20-13-6-9-18-20)21-14-4-7-16(21)15-19-10-2-1-3-11-19/h6,9,13,16H,1-5,7-8,10-12,14-15H2. The molecule has 5 heteroatoms. The van der Waals surface area contributed by atoms with Crippen molar-refractivity contribution >= 4 is 5.91 Å². The molecule has 22 heavy (non-hydrogen) atoms. The molecule has 0 bridgehead atoms. The monoisotopic (exact) mass is 304 g/mol. The van der Waals surface area contributed by atoms with Crippen LogP contribution in [0.15, 0.2) is 18.5 Å². The van der Waals surface area contributed by atoms with Crippen molar-refractivity contribution in [1.82, 2.24) is 19.6 Å². The van der Waals surface area contributed by atoms with Gasteiger partial charge in [0.2, 0.25) is 5.91 Å². The lowest BCUT2D eigenvalue weighted by Gasteiger charge is -2.33. The van der Waals surface area contributed by atoms with Crippen molar-refractivity contribution in [2.45, 2.75) is 57.5 Å². The molecular formula is C17H28N4O. The molecule has 1 unspecified atom stereocenters. The van der Waals surface area contributed by atoms with Crippen LogP contribution in [0.1, 0.15) is 44.9 Å². The third-order valence-corrected chi connectivity index (χ3v) is 4.95. The first-order valence-electron chi connectivity index (χ1n) is 8.82. The quantitative estimate of drug-likeness (QED) is 0.808. The molecule has 0 radical (unpaired) electrons. The summed E-state index contributed by atoms with van der Waals surface area (Å²) in [6.45, 7) is 5.32. The fourth-order valence-electron chi connectivity index (χ4n) is 3.76. The molecule has 1 atom stereocenters. The van der Waals surface area contributed by atoms with Crippen molar-refractivity contribution in [1.29, 1.82) is 0 Å². The molecule has 1 aromatic rings. The van der Waals surface area contributed by atoms with E-state index in [0.717, 1.165) is 26.1 Å². The molecule has 0 saturated carbocycles. The van der Waals surface area contributed by atoms with E-state index in [1.807, 2.05) is 16.9 Å². The SMILES string of the molecule is O=C(CCCn1cccn1)N1CCCC1CN1CCCCC1. The van der Waals surface area contributed by atoms with E-state index in [1.54, 1.807) is 6.20 Å². The van der Waals surface area contributed by atoms with Crippen LogP contribution in [-0.2, 0) is 11.3 Å². The number of carbonyl (C=O) groups is 1. The van der Waals surface area contributed by atoms with Gasteiger partial charge in [0.1, 0.15) is 0 Å². The summed E-state index contributed by atoms with van der Waals surface area (Å²) in [5.41, 5.74) is 0. The number of amides is 1. The largest absolute Gasteiger partial charge is 0.338 e. The van der Waals surface area contributed by atoms with Crippen molar-refractivity contribution in [3.05, 3.63) is 18.5 Å². The second-order valence-electron chi connectivity index (χ2n) is 6.62. The zero-order chi connectivity index (χ0) is 15.2. The summed E-state index contributed by atoms with van der Waals surface area (Å²) in [5.74, 6) is 0.340. The molecule has 3 heterocycles. The van der Waals surface area contributed by atoms with E-state index < -0.39 is 0 Å². The van der Waals surface area contributed by atoms with Crippen LogP contribution in [0, 0.1) is 0 Å². The summed E-state index contributed by atoms with van der Waals surface area (Å²) >= 11 is 0. The lowest BCUT2D eigenvalue weighted by Crippen LogP contribution is -2.44. The van der Waals surface area contributed by atoms with Gasteiger partial charge in [-0.25, -0.2) is 0 Å². The third kappa shape index (κ3) is 4.09. The average Bonchev–Trinajstić information content (AvgIpc) is 3.20. The normalized spacial score (nSPS) is 23.1. The number of likely N-dealkylation sites (tertiary alicyclic amines) is 2. The minimum absolute atomic E-state index is 0.340. The zero-order valence-corrected chi connectivity index (χ0v) is 13.5. The summed E-state index contributed by atoms with van der Waals surface area (Å²) in [6.07, 6.45) is 11.7. The maximum atomic E-state index is 12.5. The van der Waals surface area contributed by atoms with Gasteiger partial charge >= 0.3 is 0 Å². The Morgan fingerprint density at radius 1 is 1.14 bits per heavy atom. The molecule has 2 fully saturated rings. The minimum atomic E-state index is 0.340. The van der Waals surface area contributed by atoms with E-state index >= 15 is 0 Å². The van der Waals surface area contributed by atoms with Crippen LogP contribution in [0.25, 0.3) is 0 Å². The lowest BCUT2D eigenvalue weighted by molar-refractivity contribution is -0.132. The van der Waals surface area contributed by atoms with Crippen LogP contribution in [0.4, 0.5) is 0 Å². The van der Waals surface area contributed by atoms with Gasteiger partial charge in [0.25, 0.3) is 0 Å². The summed E-state index contributed by atoms with van der Waals surface area (Å²) in [7, 11) is 0. The number of hydrogen-bond acceptors (Lipinski definition) is 3. The summed E-state index contributed by atoms with van der Waals surface area (Å²) in [4.78, 5) is 17.2. The first kappa shape index (κ1) is 15.5. The molecule has 0 aliphatic carbocycles. The predicted molar refractivity (Wildman–Crippen MR) is 86.5 cm³/mol. The van der Waals surface area contributed by atoms with Gasteiger partial charge in [0.05, 0.1) is 0 Å². The van der Waals surface area contributed by atoms with Gasteiger partial charge in [-0.05, 0) is 51.3 Å². The first-order chi connectivity index (χ1) is 10.8. The predicted octanol–water partition coefficient (Wildman–Crippen LogP) is 2.14. The molecule has 0 spiro atoms. The van der Waals surface area contributed by atoms with Gasteiger partial charge < -0.3 is 9.80 Å². The van der Waals surface area contributed by atoms with E-state index in [4.69, 9.17) is 0 Å². The number of carbonyl (C=O) groups excluding carboxylic acids is 1. The maximum absolute atomic E-state index is 12.5. The van der Waals surface area contributed by atoms with E-state index in [1.165, 1.54) is 45.2 Å².